The van der Waals surface area contributed by atoms with Crippen LogP contribution in [-0.2, 0) is 11.3 Å². The Bertz CT molecular complexity index is 498. The molecule has 2 rings (SSSR count). The highest BCUT2D eigenvalue weighted by atomic mass is 16.5. The van der Waals surface area contributed by atoms with Crippen LogP contribution in [0.25, 0.3) is 0 Å². The van der Waals surface area contributed by atoms with E-state index in [-0.39, 0.29) is 0 Å². The monoisotopic (exact) mass is 234 g/mol. The molecular weight excluding hydrogens is 224 g/mol. The van der Waals surface area contributed by atoms with E-state index in [0.29, 0.717) is 23.8 Å². The minimum atomic E-state index is -0.407. The Morgan fingerprint density at radius 3 is 3.12 bits per heavy atom. The van der Waals surface area contributed by atoms with Crippen LogP contribution >= 0.6 is 0 Å². The molecule has 0 aliphatic rings. The van der Waals surface area contributed by atoms with E-state index in [1.807, 2.05) is 0 Å². The van der Waals surface area contributed by atoms with Crippen LogP contribution in [0.5, 0.6) is 0 Å². The van der Waals surface area contributed by atoms with E-state index >= 15 is 0 Å². The fourth-order valence-electron chi connectivity index (χ4n) is 1.21. The molecule has 88 valence electrons. The normalized spacial score (nSPS) is 9.94. The van der Waals surface area contributed by atoms with Gasteiger partial charge in [0.15, 0.2) is 5.82 Å². The van der Waals surface area contributed by atoms with Gasteiger partial charge in [0.1, 0.15) is 5.82 Å². The summed E-state index contributed by atoms with van der Waals surface area (Å²) in [6.45, 7) is 0.369. The maximum atomic E-state index is 11.3. The summed E-state index contributed by atoms with van der Waals surface area (Å²) in [7, 11) is 1.33. The molecule has 2 heterocycles. The topological polar surface area (TPSA) is 90.1 Å². The number of esters is 1. The van der Waals surface area contributed by atoms with Gasteiger partial charge < -0.3 is 14.6 Å². The standard InChI is InChI=1S/C10H10N4O3/c1-16-10(15)7-2-3-11-8(4-7)12-5-9-13-6-17-14-9/h2-4,6H,5H2,1H3,(H,11,12). The molecule has 0 unspecified atom stereocenters. The predicted molar refractivity (Wildman–Crippen MR) is 57.2 cm³/mol. The van der Waals surface area contributed by atoms with E-state index in [1.165, 1.54) is 19.7 Å². The Morgan fingerprint density at radius 2 is 2.41 bits per heavy atom. The largest absolute Gasteiger partial charge is 0.465 e. The van der Waals surface area contributed by atoms with Gasteiger partial charge in [0.05, 0.1) is 19.2 Å². The number of carbonyl (C=O) groups is 1. The lowest BCUT2D eigenvalue weighted by molar-refractivity contribution is 0.0600. The Hall–Kier alpha value is -2.44. The number of carbonyl (C=O) groups excluding carboxylic acids is 1. The summed E-state index contributed by atoms with van der Waals surface area (Å²) < 4.78 is 9.19. The Balaban J connectivity index is 2.03. The zero-order chi connectivity index (χ0) is 12.1. The van der Waals surface area contributed by atoms with Gasteiger partial charge in [0.25, 0.3) is 0 Å². The smallest absolute Gasteiger partial charge is 0.338 e. The minimum Gasteiger partial charge on any atom is -0.465 e. The highest BCUT2D eigenvalue weighted by Gasteiger charge is 2.06. The molecule has 0 fully saturated rings. The molecule has 0 bridgehead atoms. The first-order valence-corrected chi connectivity index (χ1v) is 4.83. The number of nitrogens with one attached hydrogen (secondary N) is 1. The first kappa shape index (κ1) is 11.1. The van der Waals surface area contributed by atoms with Crippen LogP contribution in [0.2, 0.25) is 0 Å². The molecule has 0 radical (unpaired) electrons. The van der Waals surface area contributed by atoms with Crippen LogP contribution < -0.4 is 5.32 Å². The van der Waals surface area contributed by atoms with Crippen molar-refractivity contribution in [2.75, 3.05) is 12.4 Å². The van der Waals surface area contributed by atoms with Crippen LogP contribution in [0.3, 0.4) is 0 Å². The lowest BCUT2D eigenvalue weighted by atomic mass is 10.2. The fraction of sp³-hybridized carbons (Fsp3) is 0.200. The molecular formula is C10H10N4O3. The molecule has 2 aromatic heterocycles. The van der Waals surface area contributed by atoms with Gasteiger partial charge in [-0.25, -0.2) is 9.78 Å². The van der Waals surface area contributed by atoms with Gasteiger partial charge in [-0.2, -0.15) is 4.98 Å². The van der Waals surface area contributed by atoms with Crippen LogP contribution in [0.4, 0.5) is 5.82 Å². The molecule has 0 aromatic carbocycles. The van der Waals surface area contributed by atoms with Gasteiger partial charge in [-0.1, -0.05) is 5.16 Å². The molecule has 2 aromatic rings. The number of nitrogens with zero attached hydrogens (tertiary/aromatic N) is 3. The Kier molecular flexibility index (Phi) is 3.29. The van der Waals surface area contributed by atoms with Crippen molar-refractivity contribution in [2.24, 2.45) is 0 Å². The molecule has 7 nitrogen and oxygen atoms in total. The van der Waals surface area contributed by atoms with Crippen molar-refractivity contribution in [3.63, 3.8) is 0 Å². The SMILES string of the molecule is COC(=O)c1ccnc(NCc2ncon2)c1. The van der Waals surface area contributed by atoms with E-state index in [9.17, 15) is 4.79 Å². The second-order valence-corrected chi connectivity index (χ2v) is 3.12. The lowest BCUT2D eigenvalue weighted by Crippen LogP contribution is -2.06. The Morgan fingerprint density at radius 1 is 1.53 bits per heavy atom. The zero-order valence-corrected chi connectivity index (χ0v) is 9.08. The average Bonchev–Trinajstić information content (AvgIpc) is 2.89. The molecule has 17 heavy (non-hydrogen) atoms. The van der Waals surface area contributed by atoms with E-state index in [2.05, 4.69) is 29.7 Å². The fourth-order valence-corrected chi connectivity index (χ4v) is 1.21. The van der Waals surface area contributed by atoms with E-state index < -0.39 is 5.97 Å². The average molecular weight is 234 g/mol. The van der Waals surface area contributed by atoms with Crippen molar-refractivity contribution < 1.29 is 14.1 Å². The van der Waals surface area contributed by atoms with Gasteiger partial charge in [0, 0.05) is 6.20 Å². The summed E-state index contributed by atoms with van der Waals surface area (Å²) in [5.41, 5.74) is 0.429. The highest BCUT2D eigenvalue weighted by Crippen LogP contribution is 2.08. The lowest BCUT2D eigenvalue weighted by Gasteiger charge is -2.04. The van der Waals surface area contributed by atoms with Crippen molar-refractivity contribution >= 4 is 11.8 Å². The number of ether oxygens (including phenoxy) is 1. The molecule has 0 aliphatic carbocycles. The minimum absolute atomic E-state index is 0.369. The first-order valence-electron chi connectivity index (χ1n) is 4.83. The van der Waals surface area contributed by atoms with Crippen molar-refractivity contribution in [3.8, 4) is 0 Å². The third-order valence-corrected chi connectivity index (χ3v) is 2.02. The summed E-state index contributed by atoms with van der Waals surface area (Å²) in [5, 5.41) is 6.60. The van der Waals surface area contributed by atoms with E-state index in [4.69, 9.17) is 0 Å². The van der Waals surface area contributed by atoms with E-state index in [1.54, 1.807) is 12.1 Å². The number of anilines is 1. The van der Waals surface area contributed by atoms with Gasteiger partial charge in [0.2, 0.25) is 6.39 Å². The number of methoxy groups -OCH3 is 1. The summed E-state index contributed by atoms with van der Waals surface area (Å²) in [4.78, 5) is 19.2. The summed E-state index contributed by atoms with van der Waals surface area (Å²) in [6.07, 6.45) is 2.76. The molecule has 0 amide bonds. The van der Waals surface area contributed by atoms with Crippen LogP contribution in [0.15, 0.2) is 29.2 Å². The molecule has 0 saturated heterocycles. The van der Waals surface area contributed by atoms with Crippen molar-refractivity contribution in [3.05, 3.63) is 36.1 Å². The molecule has 1 N–H and O–H groups in total. The molecule has 7 heteroatoms. The second-order valence-electron chi connectivity index (χ2n) is 3.12. The van der Waals surface area contributed by atoms with Crippen LogP contribution in [0.1, 0.15) is 16.2 Å². The highest BCUT2D eigenvalue weighted by molar-refractivity contribution is 5.89. The van der Waals surface area contributed by atoms with Crippen molar-refractivity contribution in [2.45, 2.75) is 6.54 Å². The summed E-state index contributed by atoms with van der Waals surface area (Å²) in [5.74, 6) is 0.642. The predicted octanol–water partition coefficient (Wildman–Crippen LogP) is 0.863. The van der Waals surface area contributed by atoms with Crippen molar-refractivity contribution in [1.29, 1.82) is 0 Å². The maximum Gasteiger partial charge on any atom is 0.338 e. The van der Waals surface area contributed by atoms with Crippen molar-refractivity contribution in [1.82, 2.24) is 15.1 Å². The van der Waals surface area contributed by atoms with Gasteiger partial charge in [-0.15, -0.1) is 0 Å². The zero-order valence-electron chi connectivity index (χ0n) is 9.08. The maximum absolute atomic E-state index is 11.3. The molecule has 0 atom stereocenters. The number of aromatic nitrogens is 3. The summed E-state index contributed by atoms with van der Waals surface area (Å²) >= 11 is 0. The first-order chi connectivity index (χ1) is 8.29. The van der Waals surface area contributed by atoms with Gasteiger partial charge in [-0.3, -0.25) is 0 Å². The molecule has 0 aliphatic heterocycles. The van der Waals surface area contributed by atoms with E-state index in [0.717, 1.165) is 0 Å². The van der Waals surface area contributed by atoms with Gasteiger partial charge in [-0.05, 0) is 12.1 Å². The molecule has 0 spiro atoms. The Labute approximate surface area is 96.8 Å². The molecule has 0 saturated carbocycles. The van der Waals surface area contributed by atoms with Crippen LogP contribution in [0, 0.1) is 0 Å². The number of pyridine rings is 1. The number of hydrogen-bond acceptors (Lipinski definition) is 7. The number of hydrogen-bond donors (Lipinski definition) is 1. The third-order valence-electron chi connectivity index (χ3n) is 2.02. The summed E-state index contributed by atoms with van der Waals surface area (Å²) in [6, 6.07) is 3.16. The third kappa shape index (κ3) is 2.77. The van der Waals surface area contributed by atoms with Crippen LogP contribution in [-0.4, -0.2) is 28.2 Å². The second kappa shape index (κ2) is 5.06. The number of rotatable bonds is 4. The van der Waals surface area contributed by atoms with Gasteiger partial charge >= 0.3 is 5.97 Å². The quantitative estimate of drug-likeness (QED) is 0.784.